The third-order valence-corrected chi connectivity index (χ3v) is 5.64. The second-order valence-corrected chi connectivity index (χ2v) is 7.54. The van der Waals surface area contributed by atoms with Gasteiger partial charge in [-0.3, -0.25) is 4.79 Å². The van der Waals surface area contributed by atoms with Gasteiger partial charge in [0, 0.05) is 25.8 Å². The van der Waals surface area contributed by atoms with Gasteiger partial charge in [0.1, 0.15) is 11.5 Å². The van der Waals surface area contributed by atoms with Crippen molar-refractivity contribution in [2.75, 3.05) is 23.7 Å². The maximum Gasteiger partial charge on any atom is 0.275 e. The topological polar surface area (TPSA) is 71.5 Å². The number of nitrogen functional groups attached to an aromatic ring is 1. The Bertz CT molecular complexity index is 850. The number of hydrogen-bond acceptors (Lipinski definition) is 4. The minimum Gasteiger partial charge on any atom is -0.393 e. The Morgan fingerprint density at radius 1 is 1.15 bits per heavy atom. The largest absolute Gasteiger partial charge is 0.393 e. The van der Waals surface area contributed by atoms with E-state index in [1.165, 1.54) is 25.0 Å². The Labute approximate surface area is 151 Å². The van der Waals surface area contributed by atoms with Crippen LogP contribution in [0.2, 0.25) is 0 Å². The maximum absolute atomic E-state index is 13.1. The van der Waals surface area contributed by atoms with E-state index in [9.17, 15) is 14.3 Å². The van der Waals surface area contributed by atoms with Crippen LogP contribution in [0.1, 0.15) is 31.2 Å². The smallest absolute Gasteiger partial charge is 0.275 e. The highest BCUT2D eigenvalue weighted by Crippen LogP contribution is 2.36. The summed E-state index contributed by atoms with van der Waals surface area (Å²) < 4.78 is 14.8. The molecule has 1 saturated carbocycles. The normalized spacial score (nSPS) is 19.5. The van der Waals surface area contributed by atoms with E-state index < -0.39 is 5.60 Å². The quantitative estimate of drug-likeness (QED) is 0.882. The van der Waals surface area contributed by atoms with Gasteiger partial charge in [-0.25, -0.2) is 4.39 Å². The average Bonchev–Trinajstić information content (AvgIpc) is 3.45. The van der Waals surface area contributed by atoms with E-state index in [0.717, 1.165) is 17.8 Å². The first-order valence-electron chi connectivity index (χ1n) is 9.18. The number of nitrogens with zero attached hydrogens (tertiary/aromatic N) is 2. The number of anilines is 2. The molecule has 3 N–H and O–H groups in total. The number of benzene rings is 1. The minimum atomic E-state index is -0.972. The molecule has 0 amide bonds. The number of aromatic nitrogens is 1. The molecular weight excluding hydrogens is 333 g/mol. The summed E-state index contributed by atoms with van der Waals surface area (Å²) in [4.78, 5) is 14.6. The number of piperidine rings is 1. The van der Waals surface area contributed by atoms with E-state index in [1.807, 2.05) is 12.3 Å². The third kappa shape index (κ3) is 3.21. The van der Waals surface area contributed by atoms with Crippen molar-refractivity contribution in [3.63, 3.8) is 0 Å². The number of aliphatic hydroxyl groups is 1. The summed E-state index contributed by atoms with van der Waals surface area (Å²) >= 11 is 0. The maximum atomic E-state index is 13.1. The van der Waals surface area contributed by atoms with Crippen LogP contribution in [-0.2, 0) is 12.1 Å². The fraction of sp³-hybridized carbons (Fsp3) is 0.450. The summed E-state index contributed by atoms with van der Waals surface area (Å²) in [7, 11) is 0. The lowest BCUT2D eigenvalue weighted by Gasteiger charge is -2.40. The van der Waals surface area contributed by atoms with E-state index in [0.29, 0.717) is 31.8 Å². The van der Waals surface area contributed by atoms with Crippen LogP contribution in [0.5, 0.6) is 0 Å². The van der Waals surface area contributed by atoms with Crippen molar-refractivity contribution in [2.45, 2.75) is 37.8 Å². The second kappa shape index (κ2) is 6.43. The van der Waals surface area contributed by atoms with Crippen LogP contribution in [-0.4, -0.2) is 22.8 Å². The first-order valence-corrected chi connectivity index (χ1v) is 9.18. The highest BCUT2D eigenvalue weighted by atomic mass is 19.1. The van der Waals surface area contributed by atoms with Crippen LogP contribution in [0.4, 0.5) is 15.8 Å². The molecule has 1 aromatic heterocycles. The minimum absolute atomic E-state index is 0.131. The first-order chi connectivity index (χ1) is 12.5. The van der Waals surface area contributed by atoms with E-state index in [-0.39, 0.29) is 17.1 Å². The van der Waals surface area contributed by atoms with E-state index in [1.54, 1.807) is 16.7 Å². The number of rotatable bonds is 4. The molecule has 2 fully saturated rings. The summed E-state index contributed by atoms with van der Waals surface area (Å²) in [6.45, 7) is 1.92. The van der Waals surface area contributed by atoms with Gasteiger partial charge in [0.2, 0.25) is 0 Å². The molecule has 1 aliphatic heterocycles. The molecule has 2 heterocycles. The van der Waals surface area contributed by atoms with Crippen molar-refractivity contribution < 1.29 is 9.50 Å². The van der Waals surface area contributed by atoms with Crippen molar-refractivity contribution in [1.82, 2.24) is 4.57 Å². The summed E-state index contributed by atoms with van der Waals surface area (Å²) in [6, 6.07) is 7.92. The Balaban J connectivity index is 1.50. The Hall–Kier alpha value is -2.34. The Kier molecular flexibility index (Phi) is 4.23. The molecule has 1 saturated heterocycles. The van der Waals surface area contributed by atoms with Gasteiger partial charge in [0.25, 0.3) is 5.56 Å². The fourth-order valence-corrected chi connectivity index (χ4v) is 3.75. The molecular formula is C20H24FN3O2. The van der Waals surface area contributed by atoms with Crippen LogP contribution in [0.15, 0.2) is 41.3 Å². The highest BCUT2D eigenvalue weighted by molar-refractivity contribution is 5.66. The monoisotopic (exact) mass is 357 g/mol. The number of nitrogens with two attached hydrogens (primary N) is 1. The second-order valence-electron chi connectivity index (χ2n) is 7.54. The lowest BCUT2D eigenvalue weighted by Crippen LogP contribution is -2.43. The number of hydrogen-bond donors (Lipinski definition) is 2. The predicted octanol–water partition coefficient (Wildman–Crippen LogP) is 2.47. The van der Waals surface area contributed by atoms with Gasteiger partial charge in [-0.15, -0.1) is 0 Å². The van der Waals surface area contributed by atoms with Crippen LogP contribution in [0.3, 0.4) is 0 Å². The molecule has 0 spiro atoms. The average molecular weight is 357 g/mol. The highest BCUT2D eigenvalue weighted by Gasteiger charge is 2.34. The standard InChI is InChI=1S/C20H24FN3O2/c21-16-5-3-15(4-6-16)20(26)8-11-23(12-9-20)17-7-10-24(13-14-1-2-14)19(25)18(17)22/h3-7,10,14,26H,1-2,8-9,11-13,22H2. The van der Waals surface area contributed by atoms with Crippen molar-refractivity contribution in [1.29, 1.82) is 0 Å². The molecule has 4 rings (SSSR count). The van der Waals surface area contributed by atoms with E-state index in [4.69, 9.17) is 5.73 Å². The van der Waals surface area contributed by atoms with Crippen LogP contribution in [0.25, 0.3) is 0 Å². The predicted molar refractivity (Wildman–Crippen MR) is 99.6 cm³/mol. The van der Waals surface area contributed by atoms with Gasteiger partial charge in [-0.1, -0.05) is 12.1 Å². The first kappa shape index (κ1) is 17.1. The lowest BCUT2D eigenvalue weighted by atomic mass is 9.84. The van der Waals surface area contributed by atoms with Crippen LogP contribution >= 0.6 is 0 Å². The van der Waals surface area contributed by atoms with Gasteiger partial charge in [-0.05, 0) is 55.4 Å². The molecule has 6 heteroatoms. The molecule has 2 aliphatic rings. The molecule has 1 aromatic carbocycles. The number of halogens is 1. The molecule has 2 aromatic rings. The van der Waals surface area contributed by atoms with Crippen molar-refractivity contribution in [3.05, 3.63) is 58.3 Å². The summed E-state index contributed by atoms with van der Waals surface area (Å²) in [6.07, 6.45) is 5.20. The van der Waals surface area contributed by atoms with Gasteiger partial charge in [-0.2, -0.15) is 0 Å². The molecule has 1 aliphatic carbocycles. The Morgan fingerprint density at radius 3 is 2.42 bits per heavy atom. The van der Waals surface area contributed by atoms with Gasteiger partial charge >= 0.3 is 0 Å². The molecule has 5 nitrogen and oxygen atoms in total. The fourth-order valence-electron chi connectivity index (χ4n) is 3.75. The molecule has 0 radical (unpaired) electrons. The zero-order chi connectivity index (χ0) is 18.3. The van der Waals surface area contributed by atoms with Crippen molar-refractivity contribution in [2.24, 2.45) is 5.92 Å². The molecule has 0 bridgehead atoms. The van der Waals surface area contributed by atoms with Crippen molar-refractivity contribution in [3.8, 4) is 0 Å². The lowest BCUT2D eigenvalue weighted by molar-refractivity contribution is 0.0117. The SMILES string of the molecule is Nc1c(N2CCC(O)(c3ccc(F)cc3)CC2)ccn(CC2CC2)c1=O. The molecule has 0 unspecified atom stereocenters. The zero-order valence-corrected chi connectivity index (χ0v) is 14.7. The molecule has 0 atom stereocenters. The van der Waals surface area contributed by atoms with Gasteiger partial charge in [0.05, 0.1) is 11.3 Å². The number of pyridine rings is 1. The van der Waals surface area contributed by atoms with E-state index in [2.05, 4.69) is 4.90 Å². The van der Waals surface area contributed by atoms with Gasteiger partial charge < -0.3 is 20.3 Å². The summed E-state index contributed by atoms with van der Waals surface area (Å²) in [5.41, 5.74) is 6.77. The summed E-state index contributed by atoms with van der Waals surface area (Å²) in [5.74, 6) is 0.299. The summed E-state index contributed by atoms with van der Waals surface area (Å²) in [5, 5.41) is 10.9. The molecule has 138 valence electrons. The van der Waals surface area contributed by atoms with Crippen LogP contribution in [0, 0.1) is 11.7 Å². The van der Waals surface area contributed by atoms with E-state index >= 15 is 0 Å². The van der Waals surface area contributed by atoms with Crippen LogP contribution < -0.4 is 16.2 Å². The van der Waals surface area contributed by atoms with Crippen molar-refractivity contribution >= 4 is 11.4 Å². The Morgan fingerprint density at radius 2 is 1.81 bits per heavy atom. The zero-order valence-electron chi connectivity index (χ0n) is 14.7. The van der Waals surface area contributed by atoms with Gasteiger partial charge in [0.15, 0.2) is 0 Å². The molecule has 26 heavy (non-hydrogen) atoms. The third-order valence-electron chi connectivity index (χ3n) is 5.64.